The van der Waals surface area contributed by atoms with E-state index in [4.69, 9.17) is 10.8 Å². The van der Waals surface area contributed by atoms with Gasteiger partial charge in [0.15, 0.2) is 0 Å². The maximum absolute atomic E-state index is 13.4. The van der Waals surface area contributed by atoms with Crippen LogP contribution in [0, 0.1) is 5.82 Å². The van der Waals surface area contributed by atoms with Crippen LogP contribution in [0.2, 0.25) is 0 Å². The highest BCUT2D eigenvalue weighted by Crippen LogP contribution is 2.28. The zero-order valence-electron chi connectivity index (χ0n) is 10.9. The lowest BCUT2D eigenvalue weighted by molar-refractivity contribution is 0.0698. The van der Waals surface area contributed by atoms with Crippen molar-refractivity contribution in [1.82, 2.24) is 0 Å². The fraction of sp³-hybridized carbons (Fsp3) is 0.133. The number of halogens is 1. The van der Waals surface area contributed by atoms with Crippen molar-refractivity contribution >= 4 is 17.3 Å². The molecular weight excluding hydrogens is 259 g/mol. The average Bonchev–Trinajstić information content (AvgIpc) is 2.43. The third-order valence-corrected chi connectivity index (χ3v) is 3.08. The molecule has 2 aromatic rings. The van der Waals surface area contributed by atoms with E-state index < -0.39 is 11.8 Å². The van der Waals surface area contributed by atoms with Gasteiger partial charge in [0.1, 0.15) is 11.4 Å². The second-order valence-corrected chi connectivity index (χ2v) is 4.47. The van der Waals surface area contributed by atoms with Crippen LogP contribution in [0.5, 0.6) is 0 Å². The summed E-state index contributed by atoms with van der Waals surface area (Å²) in [6.45, 7) is 1.89. The molecule has 2 rings (SSSR count). The quantitative estimate of drug-likeness (QED) is 0.748. The number of carbonyl (C=O) groups is 1. The molecule has 0 radical (unpaired) electrons. The van der Waals surface area contributed by atoms with Gasteiger partial charge in [-0.1, -0.05) is 30.3 Å². The second kappa shape index (κ2) is 5.61. The minimum Gasteiger partial charge on any atom is -0.478 e. The molecular formula is C15H15FN2O2. The normalized spacial score (nSPS) is 11.9. The lowest BCUT2D eigenvalue weighted by atomic mass is 10.1. The summed E-state index contributed by atoms with van der Waals surface area (Å²) in [5.41, 5.74) is 6.19. The van der Waals surface area contributed by atoms with E-state index in [0.717, 1.165) is 11.6 Å². The van der Waals surface area contributed by atoms with Crippen molar-refractivity contribution in [3.8, 4) is 0 Å². The van der Waals surface area contributed by atoms with Crippen molar-refractivity contribution in [2.45, 2.75) is 13.0 Å². The molecule has 0 saturated heterocycles. The van der Waals surface area contributed by atoms with Crippen LogP contribution in [-0.2, 0) is 0 Å². The number of nitrogens with two attached hydrogens (primary N) is 1. The number of carboxylic acids is 1. The molecule has 0 aliphatic rings. The fourth-order valence-electron chi connectivity index (χ4n) is 2.00. The number of hydrogen-bond acceptors (Lipinski definition) is 3. The van der Waals surface area contributed by atoms with E-state index in [1.165, 1.54) is 6.07 Å². The van der Waals surface area contributed by atoms with Gasteiger partial charge >= 0.3 is 5.97 Å². The van der Waals surface area contributed by atoms with Gasteiger partial charge in [0.05, 0.1) is 11.4 Å². The average molecular weight is 274 g/mol. The number of carboxylic acid groups (broad SMARTS) is 1. The highest BCUT2D eigenvalue weighted by molar-refractivity contribution is 6.00. The van der Waals surface area contributed by atoms with E-state index in [2.05, 4.69) is 5.32 Å². The van der Waals surface area contributed by atoms with Crippen molar-refractivity contribution in [2.75, 3.05) is 11.1 Å². The zero-order chi connectivity index (χ0) is 14.7. The highest BCUT2D eigenvalue weighted by Gasteiger charge is 2.18. The Morgan fingerprint density at radius 2 is 1.90 bits per heavy atom. The largest absolute Gasteiger partial charge is 0.478 e. The molecule has 4 N–H and O–H groups in total. The summed E-state index contributed by atoms with van der Waals surface area (Å²) in [5.74, 6) is -2.00. The summed E-state index contributed by atoms with van der Waals surface area (Å²) >= 11 is 0. The molecule has 104 valence electrons. The molecule has 0 bridgehead atoms. The first-order valence-electron chi connectivity index (χ1n) is 6.13. The van der Waals surface area contributed by atoms with Gasteiger partial charge in [-0.2, -0.15) is 0 Å². The van der Waals surface area contributed by atoms with E-state index in [1.807, 2.05) is 37.3 Å². The Hall–Kier alpha value is -2.56. The van der Waals surface area contributed by atoms with Crippen molar-refractivity contribution < 1.29 is 14.3 Å². The Labute approximate surface area is 116 Å². The van der Waals surface area contributed by atoms with E-state index in [9.17, 15) is 9.18 Å². The number of aromatic carboxylic acids is 1. The molecule has 0 fully saturated rings. The van der Waals surface area contributed by atoms with Crippen LogP contribution < -0.4 is 11.1 Å². The van der Waals surface area contributed by atoms with Gasteiger partial charge < -0.3 is 16.2 Å². The number of hydrogen-bond donors (Lipinski definition) is 3. The summed E-state index contributed by atoms with van der Waals surface area (Å²) in [6, 6.07) is 11.9. The predicted octanol–water partition coefficient (Wildman–Crippen LogP) is 3.28. The number of rotatable bonds is 4. The van der Waals surface area contributed by atoms with E-state index in [1.54, 1.807) is 0 Å². The second-order valence-electron chi connectivity index (χ2n) is 4.47. The Morgan fingerprint density at radius 3 is 2.50 bits per heavy atom. The summed E-state index contributed by atoms with van der Waals surface area (Å²) in [5, 5.41) is 12.2. The van der Waals surface area contributed by atoms with Gasteiger partial charge in [-0.25, -0.2) is 9.18 Å². The minimum absolute atomic E-state index is 0.126. The first-order chi connectivity index (χ1) is 9.50. The predicted molar refractivity (Wildman–Crippen MR) is 76.3 cm³/mol. The molecule has 20 heavy (non-hydrogen) atoms. The maximum atomic E-state index is 13.4. The summed E-state index contributed by atoms with van der Waals surface area (Å²) < 4.78 is 13.4. The van der Waals surface area contributed by atoms with E-state index >= 15 is 0 Å². The standard InChI is InChI=1S/C15H15FN2O2/c1-9(10-5-3-2-4-6-10)18-12-8-7-11(16)14(17)13(12)15(19)20/h2-9,18H,17H2,1H3,(H,19,20). The Balaban J connectivity index is 2.35. The lowest BCUT2D eigenvalue weighted by Gasteiger charge is -2.18. The number of nitrogen functional groups attached to an aromatic ring is 1. The fourth-order valence-corrected chi connectivity index (χ4v) is 2.00. The van der Waals surface area contributed by atoms with Crippen LogP contribution in [0.4, 0.5) is 15.8 Å². The zero-order valence-corrected chi connectivity index (χ0v) is 10.9. The molecule has 0 spiro atoms. The lowest BCUT2D eigenvalue weighted by Crippen LogP contribution is -2.13. The molecule has 1 unspecified atom stereocenters. The molecule has 2 aromatic carbocycles. The number of benzene rings is 2. The summed E-state index contributed by atoms with van der Waals surface area (Å²) in [7, 11) is 0. The number of anilines is 2. The highest BCUT2D eigenvalue weighted by atomic mass is 19.1. The van der Waals surface area contributed by atoms with Crippen molar-refractivity contribution in [1.29, 1.82) is 0 Å². The first-order valence-corrected chi connectivity index (χ1v) is 6.13. The van der Waals surface area contributed by atoms with Gasteiger partial charge in [0, 0.05) is 6.04 Å². The molecule has 0 aromatic heterocycles. The van der Waals surface area contributed by atoms with E-state index in [-0.39, 0.29) is 17.3 Å². The molecule has 0 heterocycles. The molecule has 0 saturated carbocycles. The van der Waals surface area contributed by atoms with Gasteiger partial charge in [-0.15, -0.1) is 0 Å². The summed E-state index contributed by atoms with van der Waals surface area (Å²) in [6.07, 6.45) is 0. The van der Waals surface area contributed by atoms with Crippen LogP contribution in [0.1, 0.15) is 28.9 Å². The van der Waals surface area contributed by atoms with E-state index in [0.29, 0.717) is 5.69 Å². The molecule has 0 aliphatic heterocycles. The van der Waals surface area contributed by atoms with Crippen LogP contribution in [-0.4, -0.2) is 11.1 Å². The van der Waals surface area contributed by atoms with Crippen LogP contribution in [0.3, 0.4) is 0 Å². The molecule has 1 atom stereocenters. The molecule has 0 aliphatic carbocycles. The Morgan fingerprint density at radius 1 is 1.25 bits per heavy atom. The third-order valence-electron chi connectivity index (χ3n) is 3.08. The maximum Gasteiger partial charge on any atom is 0.340 e. The van der Waals surface area contributed by atoms with Crippen molar-refractivity contribution in [2.24, 2.45) is 0 Å². The summed E-state index contributed by atoms with van der Waals surface area (Å²) in [4.78, 5) is 11.2. The van der Waals surface area contributed by atoms with Crippen LogP contribution in [0.25, 0.3) is 0 Å². The van der Waals surface area contributed by atoms with Gasteiger partial charge in [0.25, 0.3) is 0 Å². The molecule has 5 heteroatoms. The topological polar surface area (TPSA) is 75.3 Å². The van der Waals surface area contributed by atoms with Gasteiger partial charge in [-0.3, -0.25) is 0 Å². The smallest absolute Gasteiger partial charge is 0.340 e. The van der Waals surface area contributed by atoms with Gasteiger partial charge in [-0.05, 0) is 24.6 Å². The third kappa shape index (κ3) is 2.71. The Bertz CT molecular complexity index is 629. The van der Waals surface area contributed by atoms with Crippen LogP contribution >= 0.6 is 0 Å². The van der Waals surface area contributed by atoms with Crippen LogP contribution in [0.15, 0.2) is 42.5 Å². The SMILES string of the molecule is CC(Nc1ccc(F)c(N)c1C(=O)O)c1ccccc1. The molecule has 0 amide bonds. The molecule has 4 nitrogen and oxygen atoms in total. The Kier molecular flexibility index (Phi) is 3.89. The minimum atomic E-state index is -1.26. The first kappa shape index (κ1) is 13.9. The van der Waals surface area contributed by atoms with Crippen molar-refractivity contribution in [3.63, 3.8) is 0 Å². The van der Waals surface area contributed by atoms with Gasteiger partial charge in [0.2, 0.25) is 0 Å². The van der Waals surface area contributed by atoms with Crippen molar-refractivity contribution in [3.05, 3.63) is 59.4 Å². The number of nitrogens with one attached hydrogen (secondary N) is 1. The monoisotopic (exact) mass is 274 g/mol.